The number of carbonyl (C=O) groups excluding carboxylic acids is 1. The second-order valence-corrected chi connectivity index (χ2v) is 7.45. The first-order chi connectivity index (χ1) is 13.0. The van der Waals surface area contributed by atoms with Gasteiger partial charge in [0.1, 0.15) is 12.8 Å². The van der Waals surface area contributed by atoms with E-state index in [1.165, 1.54) is 11.1 Å². The van der Waals surface area contributed by atoms with Gasteiger partial charge in [-0.3, -0.25) is 9.80 Å². The molecule has 0 saturated carbocycles. The SMILES string of the molecule is COc1cc2c(cc1OC)C1CC(N)C(N3CC(CF)OC3=O)CN1CC2. The third-order valence-electron chi connectivity index (χ3n) is 6.00. The average molecular weight is 379 g/mol. The predicted molar refractivity (Wildman–Crippen MR) is 96.9 cm³/mol. The fourth-order valence-electron chi connectivity index (χ4n) is 4.59. The Morgan fingerprint density at radius 2 is 2.00 bits per heavy atom. The molecule has 0 radical (unpaired) electrons. The van der Waals surface area contributed by atoms with Gasteiger partial charge in [-0.15, -0.1) is 0 Å². The van der Waals surface area contributed by atoms with Crippen molar-refractivity contribution in [2.45, 2.75) is 37.1 Å². The molecule has 8 heteroatoms. The number of piperidine rings is 1. The smallest absolute Gasteiger partial charge is 0.410 e. The molecule has 2 saturated heterocycles. The van der Waals surface area contributed by atoms with E-state index in [1.807, 2.05) is 12.1 Å². The van der Waals surface area contributed by atoms with Crippen molar-refractivity contribution in [1.82, 2.24) is 9.80 Å². The number of nitrogens with zero attached hydrogens (tertiary/aromatic N) is 2. The summed E-state index contributed by atoms with van der Waals surface area (Å²) in [5.74, 6) is 1.45. The van der Waals surface area contributed by atoms with Crippen LogP contribution in [0.25, 0.3) is 0 Å². The van der Waals surface area contributed by atoms with Crippen LogP contribution in [0.3, 0.4) is 0 Å². The summed E-state index contributed by atoms with van der Waals surface area (Å²) in [5, 5.41) is 0. The molecule has 4 atom stereocenters. The lowest BCUT2D eigenvalue weighted by molar-refractivity contribution is 0.0566. The molecule has 0 bridgehead atoms. The van der Waals surface area contributed by atoms with E-state index in [0.717, 1.165) is 25.1 Å². The third kappa shape index (κ3) is 3.10. The quantitative estimate of drug-likeness (QED) is 0.854. The molecule has 2 fully saturated rings. The van der Waals surface area contributed by atoms with Crippen molar-refractivity contribution < 1.29 is 23.4 Å². The summed E-state index contributed by atoms with van der Waals surface area (Å²) in [6.07, 6.45) is 0.477. The topological polar surface area (TPSA) is 77.3 Å². The van der Waals surface area contributed by atoms with Gasteiger partial charge >= 0.3 is 6.09 Å². The molecule has 0 spiro atoms. The molecule has 4 unspecified atom stereocenters. The van der Waals surface area contributed by atoms with E-state index in [2.05, 4.69) is 4.90 Å². The maximum atomic E-state index is 12.9. The minimum absolute atomic E-state index is 0.160. The van der Waals surface area contributed by atoms with Gasteiger partial charge in [-0.2, -0.15) is 0 Å². The number of carbonyl (C=O) groups is 1. The highest BCUT2D eigenvalue weighted by Gasteiger charge is 2.45. The molecule has 3 heterocycles. The first-order valence-electron chi connectivity index (χ1n) is 9.33. The highest BCUT2D eigenvalue weighted by atomic mass is 19.1. The average Bonchev–Trinajstić information content (AvgIpc) is 3.06. The van der Waals surface area contributed by atoms with Crippen LogP contribution in [0.1, 0.15) is 23.6 Å². The van der Waals surface area contributed by atoms with E-state index in [4.69, 9.17) is 19.9 Å². The highest BCUT2D eigenvalue weighted by Crippen LogP contribution is 2.42. The fraction of sp³-hybridized carbons (Fsp3) is 0.632. The maximum absolute atomic E-state index is 12.9. The number of alkyl halides is 1. The molecule has 1 amide bonds. The lowest BCUT2D eigenvalue weighted by atomic mass is 9.83. The van der Waals surface area contributed by atoms with Gasteiger partial charge in [0, 0.05) is 25.2 Å². The van der Waals surface area contributed by atoms with Crippen molar-refractivity contribution in [3.8, 4) is 11.5 Å². The Morgan fingerprint density at radius 3 is 2.67 bits per heavy atom. The van der Waals surface area contributed by atoms with Gasteiger partial charge in [-0.25, -0.2) is 9.18 Å². The van der Waals surface area contributed by atoms with Crippen LogP contribution in [-0.2, 0) is 11.2 Å². The summed E-state index contributed by atoms with van der Waals surface area (Å²) in [6.45, 7) is 1.15. The Bertz CT molecular complexity index is 731. The lowest BCUT2D eigenvalue weighted by Crippen LogP contribution is -2.60. The second kappa shape index (κ2) is 7.16. The Hall–Kier alpha value is -2.06. The summed E-state index contributed by atoms with van der Waals surface area (Å²) < 4.78 is 28.9. The molecule has 4 rings (SSSR count). The molecule has 1 aromatic rings. The van der Waals surface area contributed by atoms with E-state index in [-0.39, 0.29) is 24.7 Å². The number of fused-ring (bicyclic) bond motifs is 3. The Balaban J connectivity index is 1.57. The maximum Gasteiger partial charge on any atom is 0.410 e. The minimum atomic E-state index is -0.679. The van der Waals surface area contributed by atoms with Crippen molar-refractivity contribution in [2.75, 3.05) is 40.5 Å². The van der Waals surface area contributed by atoms with Crippen LogP contribution in [0.5, 0.6) is 11.5 Å². The van der Waals surface area contributed by atoms with E-state index >= 15 is 0 Å². The van der Waals surface area contributed by atoms with Crippen LogP contribution >= 0.6 is 0 Å². The minimum Gasteiger partial charge on any atom is -0.493 e. The lowest BCUT2D eigenvalue weighted by Gasteiger charge is -2.48. The molecular formula is C19H26FN3O4. The molecule has 3 aliphatic rings. The zero-order valence-electron chi connectivity index (χ0n) is 15.7. The van der Waals surface area contributed by atoms with Gasteiger partial charge in [0.2, 0.25) is 0 Å². The first kappa shape index (κ1) is 18.3. The number of benzene rings is 1. The van der Waals surface area contributed by atoms with Gasteiger partial charge in [0.25, 0.3) is 0 Å². The number of cyclic esters (lactones) is 1. The number of hydrogen-bond donors (Lipinski definition) is 1. The van der Waals surface area contributed by atoms with Gasteiger partial charge in [-0.05, 0) is 36.1 Å². The van der Waals surface area contributed by atoms with Crippen LogP contribution in [0, 0.1) is 0 Å². The van der Waals surface area contributed by atoms with Crippen molar-refractivity contribution >= 4 is 6.09 Å². The van der Waals surface area contributed by atoms with Crippen LogP contribution in [0.15, 0.2) is 12.1 Å². The number of hydrogen-bond acceptors (Lipinski definition) is 6. The van der Waals surface area contributed by atoms with Crippen LogP contribution in [0.2, 0.25) is 0 Å². The number of methoxy groups -OCH3 is 2. The van der Waals surface area contributed by atoms with Crippen molar-refractivity contribution in [3.05, 3.63) is 23.3 Å². The molecule has 2 N–H and O–H groups in total. The zero-order valence-corrected chi connectivity index (χ0v) is 15.7. The van der Waals surface area contributed by atoms with Crippen LogP contribution in [0.4, 0.5) is 9.18 Å². The van der Waals surface area contributed by atoms with Gasteiger partial charge in [0.15, 0.2) is 11.5 Å². The molecule has 0 aromatic heterocycles. The highest BCUT2D eigenvalue weighted by molar-refractivity contribution is 5.70. The van der Waals surface area contributed by atoms with Gasteiger partial charge in [0.05, 0.1) is 26.8 Å². The van der Waals surface area contributed by atoms with E-state index in [1.54, 1.807) is 19.1 Å². The Morgan fingerprint density at radius 1 is 1.26 bits per heavy atom. The van der Waals surface area contributed by atoms with Crippen molar-refractivity contribution in [2.24, 2.45) is 5.73 Å². The second-order valence-electron chi connectivity index (χ2n) is 7.45. The van der Waals surface area contributed by atoms with E-state index in [9.17, 15) is 9.18 Å². The molecule has 1 aromatic carbocycles. The number of halogens is 1. The van der Waals surface area contributed by atoms with E-state index < -0.39 is 18.9 Å². The van der Waals surface area contributed by atoms with E-state index in [0.29, 0.717) is 12.3 Å². The van der Waals surface area contributed by atoms with Gasteiger partial charge < -0.3 is 19.9 Å². The summed E-state index contributed by atoms with van der Waals surface area (Å²) in [7, 11) is 3.27. The summed E-state index contributed by atoms with van der Waals surface area (Å²) in [5.41, 5.74) is 8.93. The summed E-state index contributed by atoms with van der Waals surface area (Å²) in [4.78, 5) is 16.1. The summed E-state index contributed by atoms with van der Waals surface area (Å²) in [6, 6.07) is 3.91. The monoisotopic (exact) mass is 379 g/mol. The largest absolute Gasteiger partial charge is 0.493 e. The predicted octanol–water partition coefficient (Wildman–Crippen LogP) is 1.49. The molecular weight excluding hydrogens is 353 g/mol. The molecule has 7 nitrogen and oxygen atoms in total. The third-order valence-corrected chi connectivity index (χ3v) is 6.00. The molecule has 0 aliphatic carbocycles. The van der Waals surface area contributed by atoms with Crippen LogP contribution < -0.4 is 15.2 Å². The number of amides is 1. The number of ether oxygens (including phenoxy) is 3. The number of rotatable bonds is 4. The first-order valence-corrected chi connectivity index (χ1v) is 9.33. The summed E-state index contributed by atoms with van der Waals surface area (Å²) >= 11 is 0. The molecule has 148 valence electrons. The Labute approximate surface area is 158 Å². The van der Waals surface area contributed by atoms with Crippen molar-refractivity contribution in [3.63, 3.8) is 0 Å². The normalized spacial score (nSPS) is 30.5. The zero-order chi connectivity index (χ0) is 19.1. The Kier molecular flexibility index (Phi) is 4.86. The molecule has 27 heavy (non-hydrogen) atoms. The van der Waals surface area contributed by atoms with Gasteiger partial charge in [-0.1, -0.05) is 0 Å². The standard InChI is InChI=1S/C19H26FN3O4/c1-25-17-5-11-3-4-22-10-16(23-9-12(8-20)27-19(23)24)14(21)7-15(22)13(11)6-18(17)26-2/h5-6,12,14-16H,3-4,7-10,21H2,1-2H3. The fourth-order valence-corrected chi connectivity index (χ4v) is 4.59. The van der Waals surface area contributed by atoms with Crippen LogP contribution in [-0.4, -0.2) is 74.6 Å². The molecule has 3 aliphatic heterocycles. The van der Waals surface area contributed by atoms with Crippen molar-refractivity contribution in [1.29, 1.82) is 0 Å². The number of nitrogens with two attached hydrogens (primary N) is 1.